The van der Waals surface area contributed by atoms with Crippen LogP contribution in [0.25, 0.3) is 0 Å². The monoisotopic (exact) mass is 236 g/mol. The molecule has 0 spiro atoms. The molecule has 0 unspecified atom stereocenters. The summed E-state index contributed by atoms with van der Waals surface area (Å²) in [5.74, 6) is 0.903. The zero-order valence-corrected chi connectivity index (χ0v) is 10.5. The van der Waals surface area contributed by atoms with E-state index in [1.54, 1.807) is 6.26 Å². The minimum atomic E-state index is -0.0190. The Kier molecular flexibility index (Phi) is 3.52. The van der Waals surface area contributed by atoms with Crippen LogP contribution in [0, 0.1) is 12.8 Å². The van der Waals surface area contributed by atoms with Gasteiger partial charge in [-0.2, -0.15) is 0 Å². The summed E-state index contributed by atoms with van der Waals surface area (Å²) >= 11 is 0. The van der Waals surface area contributed by atoms with E-state index in [-0.39, 0.29) is 11.9 Å². The Morgan fingerprint density at radius 2 is 2.41 bits per heavy atom. The first kappa shape index (κ1) is 12.2. The number of nitrogens with zero attached hydrogens (tertiary/aromatic N) is 1. The van der Waals surface area contributed by atoms with E-state index in [1.165, 1.54) is 0 Å². The van der Waals surface area contributed by atoms with Gasteiger partial charge in [0, 0.05) is 24.7 Å². The quantitative estimate of drug-likeness (QED) is 0.851. The average molecular weight is 236 g/mol. The molecule has 4 heteroatoms. The molecule has 1 amide bonds. The van der Waals surface area contributed by atoms with Crippen molar-refractivity contribution in [2.45, 2.75) is 32.7 Å². The van der Waals surface area contributed by atoms with Crippen LogP contribution >= 0.6 is 0 Å². The second-order valence-corrected chi connectivity index (χ2v) is 4.85. The topological polar surface area (TPSA) is 59.5 Å². The number of furan rings is 1. The molecule has 94 valence electrons. The summed E-state index contributed by atoms with van der Waals surface area (Å²) in [5, 5.41) is 0. The van der Waals surface area contributed by atoms with Crippen molar-refractivity contribution >= 4 is 5.91 Å². The molecule has 1 aromatic rings. The largest absolute Gasteiger partial charge is 0.459 e. The average Bonchev–Trinajstić information content (AvgIpc) is 2.74. The van der Waals surface area contributed by atoms with Crippen LogP contribution in [0.3, 0.4) is 0 Å². The molecule has 1 aliphatic heterocycles. The molecule has 2 N–H and O–H groups in total. The maximum absolute atomic E-state index is 12.4. The fourth-order valence-corrected chi connectivity index (χ4v) is 2.58. The maximum atomic E-state index is 12.4. The third-order valence-corrected chi connectivity index (χ3v) is 3.67. The van der Waals surface area contributed by atoms with E-state index in [4.69, 9.17) is 10.2 Å². The summed E-state index contributed by atoms with van der Waals surface area (Å²) in [5.41, 5.74) is 6.68. The van der Waals surface area contributed by atoms with Crippen LogP contribution in [0.2, 0.25) is 0 Å². The van der Waals surface area contributed by atoms with E-state index in [0.29, 0.717) is 18.2 Å². The molecule has 2 atom stereocenters. The summed E-state index contributed by atoms with van der Waals surface area (Å²) in [6, 6.07) is 1.96. The number of aryl methyl sites for hydroxylation is 1. The van der Waals surface area contributed by atoms with Crippen LogP contribution in [0.15, 0.2) is 16.7 Å². The van der Waals surface area contributed by atoms with E-state index in [1.807, 2.05) is 17.9 Å². The SMILES string of the molecule is Cc1ccoc1C(=O)N1CCC[C@H](C)[C@@H]1CN. The number of hydrogen-bond donors (Lipinski definition) is 1. The number of piperidine rings is 1. The molecule has 17 heavy (non-hydrogen) atoms. The van der Waals surface area contributed by atoms with E-state index >= 15 is 0 Å². The van der Waals surface area contributed by atoms with Crippen molar-refractivity contribution in [1.29, 1.82) is 0 Å². The van der Waals surface area contributed by atoms with Gasteiger partial charge in [0.15, 0.2) is 5.76 Å². The van der Waals surface area contributed by atoms with Crippen molar-refractivity contribution in [2.75, 3.05) is 13.1 Å². The first-order valence-corrected chi connectivity index (χ1v) is 6.20. The summed E-state index contributed by atoms with van der Waals surface area (Å²) < 4.78 is 5.28. The fourth-order valence-electron chi connectivity index (χ4n) is 2.58. The van der Waals surface area contributed by atoms with Crippen LogP contribution in [0.4, 0.5) is 0 Å². The fraction of sp³-hybridized carbons (Fsp3) is 0.615. The van der Waals surface area contributed by atoms with Crippen molar-refractivity contribution in [3.63, 3.8) is 0 Å². The van der Waals surface area contributed by atoms with Crippen molar-refractivity contribution in [3.05, 3.63) is 23.7 Å². The van der Waals surface area contributed by atoms with Gasteiger partial charge in [0.2, 0.25) is 0 Å². The first-order chi connectivity index (χ1) is 8.15. The van der Waals surface area contributed by atoms with Gasteiger partial charge in [0.1, 0.15) is 0 Å². The molecule has 0 saturated carbocycles. The highest BCUT2D eigenvalue weighted by atomic mass is 16.3. The molecule has 0 radical (unpaired) electrons. The lowest BCUT2D eigenvalue weighted by atomic mass is 9.90. The van der Waals surface area contributed by atoms with Gasteiger partial charge in [0.25, 0.3) is 5.91 Å². The minimum Gasteiger partial charge on any atom is -0.459 e. The lowest BCUT2D eigenvalue weighted by molar-refractivity contribution is 0.0500. The second kappa shape index (κ2) is 4.92. The van der Waals surface area contributed by atoms with E-state index in [2.05, 4.69) is 6.92 Å². The molecule has 0 aromatic carbocycles. The van der Waals surface area contributed by atoms with Gasteiger partial charge in [-0.25, -0.2) is 0 Å². The molecule has 1 aliphatic rings. The number of nitrogens with two attached hydrogens (primary N) is 1. The van der Waals surface area contributed by atoms with E-state index in [9.17, 15) is 4.79 Å². The zero-order valence-electron chi connectivity index (χ0n) is 10.5. The summed E-state index contributed by atoms with van der Waals surface area (Å²) in [7, 11) is 0. The summed E-state index contributed by atoms with van der Waals surface area (Å²) in [4.78, 5) is 14.2. The number of amides is 1. The predicted octanol–water partition coefficient (Wildman–Crippen LogP) is 1.79. The number of likely N-dealkylation sites (tertiary alicyclic amines) is 1. The number of carbonyl (C=O) groups excluding carboxylic acids is 1. The second-order valence-electron chi connectivity index (χ2n) is 4.85. The standard InChI is InChI=1S/C13H20N2O2/c1-9-4-3-6-15(11(9)8-14)13(16)12-10(2)5-7-17-12/h5,7,9,11H,3-4,6,8,14H2,1-2H3/t9-,11-/m0/s1. The van der Waals surface area contributed by atoms with Crippen molar-refractivity contribution in [1.82, 2.24) is 4.90 Å². The lowest BCUT2D eigenvalue weighted by Gasteiger charge is -2.39. The smallest absolute Gasteiger partial charge is 0.290 e. The van der Waals surface area contributed by atoms with Crippen LogP contribution in [0.5, 0.6) is 0 Å². The number of hydrogen-bond acceptors (Lipinski definition) is 3. The molecular weight excluding hydrogens is 216 g/mol. The molecule has 0 bridgehead atoms. The molecule has 4 nitrogen and oxygen atoms in total. The lowest BCUT2D eigenvalue weighted by Crippen LogP contribution is -2.51. The molecule has 1 fully saturated rings. The Bertz CT molecular complexity index is 400. The third-order valence-electron chi connectivity index (χ3n) is 3.67. The zero-order chi connectivity index (χ0) is 12.4. The molecule has 0 aliphatic carbocycles. The summed E-state index contributed by atoms with van der Waals surface area (Å²) in [6.07, 6.45) is 3.75. The first-order valence-electron chi connectivity index (χ1n) is 6.20. The Morgan fingerprint density at radius 1 is 1.65 bits per heavy atom. The number of rotatable bonds is 2. The van der Waals surface area contributed by atoms with Crippen molar-refractivity contribution < 1.29 is 9.21 Å². The number of carbonyl (C=O) groups is 1. The van der Waals surface area contributed by atoms with Gasteiger partial charge in [-0.3, -0.25) is 4.79 Å². The van der Waals surface area contributed by atoms with Crippen molar-refractivity contribution in [2.24, 2.45) is 11.7 Å². The normalized spacial score (nSPS) is 25.0. The highest BCUT2D eigenvalue weighted by Gasteiger charge is 2.32. The van der Waals surface area contributed by atoms with E-state index < -0.39 is 0 Å². The minimum absolute atomic E-state index is 0.0190. The third kappa shape index (κ3) is 2.22. The highest BCUT2D eigenvalue weighted by molar-refractivity contribution is 5.93. The van der Waals surface area contributed by atoms with Gasteiger partial charge in [0.05, 0.1) is 6.26 Å². The predicted molar refractivity (Wildman–Crippen MR) is 65.7 cm³/mol. The van der Waals surface area contributed by atoms with Crippen molar-refractivity contribution in [3.8, 4) is 0 Å². The highest BCUT2D eigenvalue weighted by Crippen LogP contribution is 2.25. The van der Waals surface area contributed by atoms with Gasteiger partial charge in [-0.05, 0) is 31.7 Å². The van der Waals surface area contributed by atoms with Gasteiger partial charge >= 0.3 is 0 Å². The molecule has 1 saturated heterocycles. The summed E-state index contributed by atoms with van der Waals surface area (Å²) in [6.45, 7) is 5.35. The Labute approximate surface area is 102 Å². The van der Waals surface area contributed by atoms with Crippen LogP contribution in [0.1, 0.15) is 35.9 Å². The maximum Gasteiger partial charge on any atom is 0.290 e. The van der Waals surface area contributed by atoms with Crippen LogP contribution in [-0.4, -0.2) is 29.9 Å². The Hall–Kier alpha value is -1.29. The van der Waals surface area contributed by atoms with Gasteiger partial charge < -0.3 is 15.1 Å². The Balaban J connectivity index is 2.21. The van der Waals surface area contributed by atoms with Gasteiger partial charge in [-0.15, -0.1) is 0 Å². The van der Waals surface area contributed by atoms with Crippen LogP contribution < -0.4 is 5.73 Å². The Morgan fingerprint density at radius 3 is 3.00 bits per heavy atom. The van der Waals surface area contributed by atoms with Gasteiger partial charge in [-0.1, -0.05) is 6.92 Å². The molecule has 1 aromatic heterocycles. The molecular formula is C13H20N2O2. The molecule has 2 rings (SSSR count). The van der Waals surface area contributed by atoms with Crippen LogP contribution in [-0.2, 0) is 0 Å². The molecule has 2 heterocycles. The van der Waals surface area contributed by atoms with E-state index in [0.717, 1.165) is 24.9 Å².